The SMILES string of the molecule is CNc1cc(-c2ccccc2N(C)C)ncn1. The van der Waals surface area contributed by atoms with Crippen LogP contribution in [0.25, 0.3) is 11.3 Å². The Morgan fingerprint density at radius 2 is 1.88 bits per heavy atom. The minimum Gasteiger partial charge on any atom is -0.377 e. The summed E-state index contributed by atoms with van der Waals surface area (Å²) >= 11 is 0. The van der Waals surface area contributed by atoms with Crippen LogP contribution in [0.2, 0.25) is 0 Å². The predicted molar refractivity (Wildman–Crippen MR) is 71.3 cm³/mol. The van der Waals surface area contributed by atoms with Crippen LogP contribution in [0.1, 0.15) is 0 Å². The molecular weight excluding hydrogens is 212 g/mol. The van der Waals surface area contributed by atoms with Crippen LogP contribution >= 0.6 is 0 Å². The van der Waals surface area contributed by atoms with Gasteiger partial charge in [0, 0.05) is 38.5 Å². The largest absolute Gasteiger partial charge is 0.377 e. The van der Waals surface area contributed by atoms with Crippen molar-refractivity contribution in [3.05, 3.63) is 36.7 Å². The zero-order valence-electron chi connectivity index (χ0n) is 10.3. The molecule has 1 N–H and O–H groups in total. The summed E-state index contributed by atoms with van der Waals surface area (Å²) in [5.41, 5.74) is 3.18. The molecule has 2 aromatic rings. The van der Waals surface area contributed by atoms with Gasteiger partial charge in [0.25, 0.3) is 0 Å². The first-order valence-corrected chi connectivity index (χ1v) is 5.49. The van der Waals surface area contributed by atoms with Gasteiger partial charge in [0.1, 0.15) is 12.1 Å². The number of rotatable bonds is 3. The van der Waals surface area contributed by atoms with Crippen molar-refractivity contribution in [1.82, 2.24) is 9.97 Å². The van der Waals surface area contributed by atoms with Gasteiger partial charge in [-0.2, -0.15) is 0 Å². The van der Waals surface area contributed by atoms with E-state index < -0.39 is 0 Å². The molecular formula is C13H16N4. The molecule has 1 heterocycles. The maximum atomic E-state index is 4.32. The second-order valence-electron chi connectivity index (χ2n) is 3.95. The first kappa shape index (κ1) is 11.4. The molecule has 0 saturated carbocycles. The smallest absolute Gasteiger partial charge is 0.129 e. The highest BCUT2D eigenvalue weighted by atomic mass is 15.1. The lowest BCUT2D eigenvalue weighted by molar-refractivity contribution is 1.12. The van der Waals surface area contributed by atoms with E-state index in [2.05, 4.69) is 32.3 Å². The van der Waals surface area contributed by atoms with Gasteiger partial charge >= 0.3 is 0 Å². The molecule has 0 amide bonds. The molecule has 4 heteroatoms. The Bertz CT molecular complexity index is 508. The number of hydrogen-bond donors (Lipinski definition) is 1. The Labute approximate surface area is 101 Å². The van der Waals surface area contributed by atoms with Gasteiger partial charge in [0.15, 0.2) is 0 Å². The van der Waals surface area contributed by atoms with E-state index in [1.807, 2.05) is 39.3 Å². The van der Waals surface area contributed by atoms with Crippen molar-refractivity contribution < 1.29 is 0 Å². The molecule has 2 rings (SSSR count). The van der Waals surface area contributed by atoms with Crippen molar-refractivity contribution in [3.63, 3.8) is 0 Å². The van der Waals surface area contributed by atoms with Crippen LogP contribution < -0.4 is 10.2 Å². The average Bonchev–Trinajstić information content (AvgIpc) is 2.39. The topological polar surface area (TPSA) is 41.0 Å². The Morgan fingerprint density at radius 1 is 1.12 bits per heavy atom. The molecule has 0 aliphatic rings. The summed E-state index contributed by atoms with van der Waals surface area (Å²) in [7, 11) is 5.90. The summed E-state index contributed by atoms with van der Waals surface area (Å²) in [5.74, 6) is 0.823. The standard InChI is InChI=1S/C13H16N4/c1-14-13-8-11(15-9-16-13)10-6-4-5-7-12(10)17(2)3/h4-9H,1-3H3,(H,14,15,16). The fraction of sp³-hybridized carbons (Fsp3) is 0.231. The van der Waals surface area contributed by atoms with Crippen molar-refractivity contribution in [3.8, 4) is 11.3 Å². The van der Waals surface area contributed by atoms with E-state index in [9.17, 15) is 0 Å². The van der Waals surface area contributed by atoms with Crippen LogP contribution in [0.3, 0.4) is 0 Å². The third kappa shape index (κ3) is 2.36. The molecule has 0 atom stereocenters. The summed E-state index contributed by atoms with van der Waals surface area (Å²) in [6.07, 6.45) is 1.58. The van der Waals surface area contributed by atoms with Gasteiger partial charge in [0.05, 0.1) is 5.69 Å². The minimum absolute atomic E-state index is 0.823. The molecule has 0 aliphatic heterocycles. The fourth-order valence-electron chi connectivity index (χ4n) is 1.72. The first-order chi connectivity index (χ1) is 8.22. The summed E-state index contributed by atoms with van der Waals surface area (Å²) in [6, 6.07) is 10.1. The van der Waals surface area contributed by atoms with E-state index in [1.165, 1.54) is 0 Å². The van der Waals surface area contributed by atoms with Crippen molar-refractivity contribution in [2.24, 2.45) is 0 Å². The lowest BCUT2D eigenvalue weighted by atomic mass is 10.1. The quantitative estimate of drug-likeness (QED) is 0.874. The number of benzene rings is 1. The second-order valence-corrected chi connectivity index (χ2v) is 3.95. The number of aromatic nitrogens is 2. The van der Waals surface area contributed by atoms with E-state index >= 15 is 0 Å². The van der Waals surface area contributed by atoms with E-state index in [4.69, 9.17) is 0 Å². The van der Waals surface area contributed by atoms with E-state index in [0.29, 0.717) is 0 Å². The molecule has 0 spiro atoms. The molecule has 1 aromatic heterocycles. The zero-order chi connectivity index (χ0) is 12.3. The molecule has 17 heavy (non-hydrogen) atoms. The molecule has 0 saturated heterocycles. The van der Waals surface area contributed by atoms with Crippen molar-refractivity contribution in [1.29, 1.82) is 0 Å². The van der Waals surface area contributed by atoms with Crippen LogP contribution in [-0.4, -0.2) is 31.1 Å². The van der Waals surface area contributed by atoms with Gasteiger partial charge in [-0.15, -0.1) is 0 Å². The Morgan fingerprint density at radius 3 is 2.59 bits per heavy atom. The highest BCUT2D eigenvalue weighted by Gasteiger charge is 2.07. The van der Waals surface area contributed by atoms with Crippen LogP contribution in [-0.2, 0) is 0 Å². The molecule has 0 aliphatic carbocycles. The fourth-order valence-corrected chi connectivity index (χ4v) is 1.72. The van der Waals surface area contributed by atoms with Gasteiger partial charge in [-0.05, 0) is 6.07 Å². The van der Waals surface area contributed by atoms with E-state index in [-0.39, 0.29) is 0 Å². The summed E-state index contributed by atoms with van der Waals surface area (Å²) in [6.45, 7) is 0. The van der Waals surface area contributed by atoms with Crippen LogP contribution in [0.15, 0.2) is 36.7 Å². The monoisotopic (exact) mass is 228 g/mol. The third-order valence-electron chi connectivity index (χ3n) is 2.59. The highest BCUT2D eigenvalue weighted by molar-refractivity contribution is 5.76. The normalized spacial score (nSPS) is 10.1. The molecule has 0 unspecified atom stereocenters. The average molecular weight is 228 g/mol. The highest BCUT2D eigenvalue weighted by Crippen LogP contribution is 2.28. The van der Waals surface area contributed by atoms with Crippen molar-refractivity contribution in [2.75, 3.05) is 31.4 Å². The second kappa shape index (κ2) is 4.82. The summed E-state index contributed by atoms with van der Waals surface area (Å²) in [4.78, 5) is 10.5. The molecule has 0 radical (unpaired) electrons. The van der Waals surface area contributed by atoms with Crippen LogP contribution in [0, 0.1) is 0 Å². The third-order valence-corrected chi connectivity index (χ3v) is 2.59. The number of nitrogens with zero attached hydrogens (tertiary/aromatic N) is 3. The maximum absolute atomic E-state index is 4.32. The lowest BCUT2D eigenvalue weighted by Gasteiger charge is -2.17. The molecule has 1 aromatic carbocycles. The number of nitrogens with one attached hydrogen (secondary N) is 1. The van der Waals surface area contributed by atoms with Gasteiger partial charge in [-0.3, -0.25) is 0 Å². The van der Waals surface area contributed by atoms with Crippen LogP contribution in [0.5, 0.6) is 0 Å². The summed E-state index contributed by atoms with van der Waals surface area (Å²) in [5, 5.41) is 3.02. The number of hydrogen-bond acceptors (Lipinski definition) is 4. The first-order valence-electron chi connectivity index (χ1n) is 5.49. The van der Waals surface area contributed by atoms with E-state index in [1.54, 1.807) is 6.33 Å². The Kier molecular flexibility index (Phi) is 3.23. The van der Waals surface area contributed by atoms with Crippen molar-refractivity contribution in [2.45, 2.75) is 0 Å². The molecule has 88 valence electrons. The Hall–Kier alpha value is -2.10. The minimum atomic E-state index is 0.823. The predicted octanol–water partition coefficient (Wildman–Crippen LogP) is 2.25. The zero-order valence-corrected chi connectivity index (χ0v) is 10.3. The lowest BCUT2D eigenvalue weighted by Crippen LogP contribution is -2.10. The van der Waals surface area contributed by atoms with Gasteiger partial charge < -0.3 is 10.2 Å². The molecule has 0 bridgehead atoms. The van der Waals surface area contributed by atoms with Gasteiger partial charge in [0.2, 0.25) is 0 Å². The van der Waals surface area contributed by atoms with Crippen LogP contribution in [0.4, 0.5) is 11.5 Å². The van der Waals surface area contributed by atoms with Gasteiger partial charge in [-0.1, -0.05) is 18.2 Å². The Balaban J connectivity index is 2.52. The summed E-state index contributed by atoms with van der Waals surface area (Å²) < 4.78 is 0. The van der Waals surface area contributed by atoms with E-state index in [0.717, 1.165) is 22.8 Å². The van der Waals surface area contributed by atoms with Gasteiger partial charge in [-0.25, -0.2) is 9.97 Å². The number of anilines is 2. The molecule has 4 nitrogen and oxygen atoms in total. The van der Waals surface area contributed by atoms with Crippen molar-refractivity contribution >= 4 is 11.5 Å². The number of para-hydroxylation sites is 1. The maximum Gasteiger partial charge on any atom is 0.129 e. The molecule has 0 fully saturated rings.